The molecular weight excluding hydrogens is 194 g/mol. The van der Waals surface area contributed by atoms with Gasteiger partial charge in [-0.05, 0) is 5.56 Å². The Balaban J connectivity index is 1.77. The fourth-order valence-electron chi connectivity index (χ4n) is 1.42. The molecule has 0 radical (unpaired) electrons. The van der Waals surface area contributed by atoms with Gasteiger partial charge in [-0.1, -0.05) is 30.3 Å². The summed E-state index contributed by atoms with van der Waals surface area (Å²) in [5, 5.41) is 2.90. The van der Waals surface area contributed by atoms with Crippen molar-refractivity contribution in [2.45, 2.75) is 19.1 Å². The molecule has 0 aliphatic carbocycles. The molecule has 0 amide bonds. The van der Waals surface area contributed by atoms with Crippen molar-refractivity contribution in [1.82, 2.24) is 5.32 Å². The minimum Gasteiger partial charge on any atom is -0.356 e. The van der Waals surface area contributed by atoms with Crippen molar-refractivity contribution in [3.05, 3.63) is 35.9 Å². The minimum atomic E-state index is -0.522. The number of hydrogen-bond donors (Lipinski definition) is 1. The maximum atomic E-state index is 10.4. The van der Waals surface area contributed by atoms with Crippen molar-refractivity contribution in [2.24, 2.45) is 0 Å². The predicted molar refractivity (Wildman–Crippen MR) is 54.0 cm³/mol. The maximum absolute atomic E-state index is 10.4. The molecule has 80 valence electrons. The number of carbonyl (C=O) groups excluding carboxylic acids is 1. The number of carbonyl (C=O) groups is 1. The number of nitrogens with one attached hydrogen (secondary N) is 1. The van der Waals surface area contributed by atoms with Crippen molar-refractivity contribution < 1.29 is 14.3 Å². The van der Waals surface area contributed by atoms with Gasteiger partial charge in [0.25, 0.3) is 0 Å². The molecule has 1 N–H and O–H groups in total. The quantitative estimate of drug-likeness (QED) is 0.737. The van der Waals surface area contributed by atoms with Gasteiger partial charge in [-0.3, -0.25) is 10.1 Å². The minimum absolute atomic E-state index is 0.194. The highest BCUT2D eigenvalue weighted by Crippen LogP contribution is 2.07. The van der Waals surface area contributed by atoms with Crippen LogP contribution in [0, 0.1) is 0 Å². The largest absolute Gasteiger partial charge is 0.356 e. The van der Waals surface area contributed by atoms with Gasteiger partial charge >= 0.3 is 0 Å². The van der Waals surface area contributed by atoms with E-state index in [9.17, 15) is 4.79 Å². The van der Waals surface area contributed by atoms with Gasteiger partial charge in [0, 0.05) is 0 Å². The van der Waals surface area contributed by atoms with Gasteiger partial charge in [0.05, 0.1) is 13.2 Å². The lowest BCUT2D eigenvalue weighted by Crippen LogP contribution is -2.33. The van der Waals surface area contributed by atoms with Gasteiger partial charge in [-0.2, -0.15) is 0 Å². The smallest absolute Gasteiger partial charge is 0.166 e. The second-order valence-electron chi connectivity index (χ2n) is 3.34. The summed E-state index contributed by atoms with van der Waals surface area (Å²) >= 11 is 0. The van der Waals surface area contributed by atoms with Crippen molar-refractivity contribution in [2.75, 3.05) is 6.61 Å². The summed E-state index contributed by atoms with van der Waals surface area (Å²) in [6.07, 6.45) is 0.0116. The van der Waals surface area contributed by atoms with Crippen LogP contribution in [0.15, 0.2) is 30.3 Å². The van der Waals surface area contributed by atoms with E-state index in [1.165, 1.54) is 0 Å². The Bertz CT molecular complexity index is 315. The van der Waals surface area contributed by atoms with Crippen LogP contribution in [0.25, 0.3) is 0 Å². The van der Waals surface area contributed by atoms with E-state index in [2.05, 4.69) is 5.32 Å². The predicted octanol–water partition coefficient (Wildman–Crippen LogP) is 0.674. The summed E-state index contributed by atoms with van der Waals surface area (Å²) in [4.78, 5) is 10.4. The van der Waals surface area contributed by atoms with E-state index in [1.54, 1.807) is 0 Å². The van der Waals surface area contributed by atoms with E-state index in [-0.39, 0.29) is 6.23 Å². The molecule has 1 aromatic rings. The first-order valence-electron chi connectivity index (χ1n) is 4.87. The Morgan fingerprint density at radius 3 is 2.93 bits per heavy atom. The molecular formula is C11H13NO3. The van der Waals surface area contributed by atoms with Crippen LogP contribution >= 0.6 is 0 Å². The molecule has 0 spiro atoms. The molecule has 2 unspecified atom stereocenters. The molecule has 1 saturated heterocycles. The fraction of sp³-hybridized carbons (Fsp3) is 0.364. The molecule has 4 nitrogen and oxygen atoms in total. The summed E-state index contributed by atoms with van der Waals surface area (Å²) in [5.74, 6) is 0. The highest BCUT2D eigenvalue weighted by atomic mass is 16.6. The average Bonchev–Trinajstić information content (AvgIpc) is 2.76. The summed E-state index contributed by atoms with van der Waals surface area (Å²) in [7, 11) is 0. The van der Waals surface area contributed by atoms with Crippen molar-refractivity contribution in [3.63, 3.8) is 0 Å². The number of aldehydes is 1. The van der Waals surface area contributed by atoms with Crippen LogP contribution in [0.1, 0.15) is 5.56 Å². The third-order valence-electron chi connectivity index (χ3n) is 2.19. The molecule has 0 aromatic heterocycles. The van der Waals surface area contributed by atoms with Crippen LogP contribution in [0.5, 0.6) is 0 Å². The number of benzene rings is 1. The molecule has 4 heteroatoms. The van der Waals surface area contributed by atoms with Crippen molar-refractivity contribution in [1.29, 1.82) is 0 Å². The molecule has 15 heavy (non-hydrogen) atoms. The molecule has 1 aliphatic rings. The Labute approximate surface area is 88.2 Å². The van der Waals surface area contributed by atoms with E-state index in [1.807, 2.05) is 30.3 Å². The van der Waals surface area contributed by atoms with Gasteiger partial charge in [-0.15, -0.1) is 0 Å². The lowest BCUT2D eigenvalue weighted by molar-refractivity contribution is -0.116. The molecule has 0 saturated carbocycles. The highest BCUT2D eigenvalue weighted by molar-refractivity contribution is 5.55. The summed E-state index contributed by atoms with van der Waals surface area (Å²) in [6, 6.07) is 9.87. The van der Waals surface area contributed by atoms with Crippen LogP contribution in [-0.4, -0.2) is 25.3 Å². The van der Waals surface area contributed by atoms with Crippen LogP contribution in [0.3, 0.4) is 0 Å². The zero-order chi connectivity index (χ0) is 10.5. The molecule has 1 aliphatic heterocycles. The monoisotopic (exact) mass is 207 g/mol. The molecule has 2 rings (SSSR count). The van der Waals surface area contributed by atoms with Crippen LogP contribution in [0.4, 0.5) is 0 Å². The Morgan fingerprint density at radius 2 is 2.27 bits per heavy atom. The second-order valence-corrected chi connectivity index (χ2v) is 3.34. The maximum Gasteiger partial charge on any atom is 0.166 e. The summed E-state index contributed by atoms with van der Waals surface area (Å²) < 4.78 is 10.6. The first-order valence-corrected chi connectivity index (χ1v) is 4.87. The number of hydrogen-bond acceptors (Lipinski definition) is 4. The van der Waals surface area contributed by atoms with Crippen molar-refractivity contribution in [3.8, 4) is 0 Å². The topological polar surface area (TPSA) is 47.6 Å². The van der Waals surface area contributed by atoms with E-state index >= 15 is 0 Å². The van der Waals surface area contributed by atoms with Gasteiger partial charge in [0.15, 0.2) is 12.5 Å². The van der Waals surface area contributed by atoms with E-state index in [4.69, 9.17) is 9.47 Å². The number of ether oxygens (including phenoxy) is 2. The lowest BCUT2D eigenvalue weighted by Gasteiger charge is -2.10. The molecule has 0 bridgehead atoms. The number of rotatable bonds is 4. The second kappa shape index (κ2) is 5.02. The van der Waals surface area contributed by atoms with Crippen LogP contribution in [-0.2, 0) is 20.9 Å². The third-order valence-corrected chi connectivity index (χ3v) is 2.19. The van der Waals surface area contributed by atoms with Gasteiger partial charge in [0.2, 0.25) is 0 Å². The Kier molecular flexibility index (Phi) is 3.45. The fourth-order valence-corrected chi connectivity index (χ4v) is 1.42. The first kappa shape index (κ1) is 10.3. The molecule has 2 atom stereocenters. The van der Waals surface area contributed by atoms with E-state index < -0.39 is 6.23 Å². The normalized spacial score (nSPS) is 25.3. The molecule has 1 aromatic carbocycles. The molecule has 1 heterocycles. The summed E-state index contributed by atoms with van der Waals surface area (Å²) in [6.45, 7) is 0.934. The van der Waals surface area contributed by atoms with Crippen molar-refractivity contribution >= 4 is 6.29 Å². The zero-order valence-corrected chi connectivity index (χ0v) is 8.26. The zero-order valence-electron chi connectivity index (χ0n) is 8.26. The summed E-state index contributed by atoms with van der Waals surface area (Å²) in [5.41, 5.74) is 1.11. The lowest BCUT2D eigenvalue weighted by atomic mass is 10.2. The first-order chi connectivity index (χ1) is 7.38. The van der Waals surface area contributed by atoms with Crippen LogP contribution in [0.2, 0.25) is 0 Å². The van der Waals surface area contributed by atoms with Gasteiger partial charge < -0.3 is 9.47 Å². The molecule has 1 fully saturated rings. The van der Waals surface area contributed by atoms with Crippen LogP contribution < -0.4 is 5.32 Å². The highest BCUT2D eigenvalue weighted by Gasteiger charge is 2.23. The Morgan fingerprint density at radius 1 is 1.47 bits per heavy atom. The SMILES string of the molecule is O=CC1NC(OCc2ccccc2)CO1. The Hall–Kier alpha value is -1.23. The van der Waals surface area contributed by atoms with E-state index in [0.29, 0.717) is 13.2 Å². The van der Waals surface area contributed by atoms with Gasteiger partial charge in [-0.25, -0.2) is 0 Å². The van der Waals surface area contributed by atoms with Gasteiger partial charge in [0.1, 0.15) is 6.23 Å². The van der Waals surface area contributed by atoms with E-state index in [0.717, 1.165) is 11.8 Å². The average molecular weight is 207 g/mol. The third kappa shape index (κ3) is 2.86. The standard InChI is InChI=1S/C11H13NO3/c13-6-10-12-11(8-15-10)14-7-9-4-2-1-3-5-9/h1-6,10-12H,7-8H2.